The Kier molecular flexibility index (Phi) is 4.30. The maximum atomic E-state index is 12.5. The summed E-state index contributed by atoms with van der Waals surface area (Å²) in [4.78, 5) is 9.76. The zero-order valence-corrected chi connectivity index (χ0v) is 13.3. The summed E-state index contributed by atoms with van der Waals surface area (Å²) in [6.45, 7) is 6.74. The van der Waals surface area contributed by atoms with E-state index in [1.54, 1.807) is 8.61 Å². The molecular weight excluding hydrogens is 290 g/mol. The first-order valence-corrected chi connectivity index (χ1v) is 8.93. The quantitative estimate of drug-likeness (QED) is 0.860. The van der Waals surface area contributed by atoms with Gasteiger partial charge >= 0.3 is 0 Å². The number of aryl methyl sites for hydroxylation is 1. The van der Waals surface area contributed by atoms with E-state index in [4.69, 9.17) is 0 Å². The predicted octanol–water partition coefficient (Wildman–Crippen LogP) is 0.176. The van der Waals surface area contributed by atoms with E-state index in [9.17, 15) is 8.42 Å². The fourth-order valence-corrected chi connectivity index (χ4v) is 4.63. The van der Waals surface area contributed by atoms with Gasteiger partial charge in [-0.15, -0.1) is 0 Å². The summed E-state index contributed by atoms with van der Waals surface area (Å²) in [6, 6.07) is 0. The van der Waals surface area contributed by atoms with Crippen molar-refractivity contribution in [3.8, 4) is 0 Å². The van der Waals surface area contributed by atoms with Crippen molar-refractivity contribution in [3.63, 3.8) is 0 Å². The van der Waals surface area contributed by atoms with Crippen molar-refractivity contribution in [1.82, 2.24) is 23.5 Å². The largest absolute Gasteiger partial charge is 0.345 e. The lowest BCUT2D eigenvalue weighted by Gasteiger charge is -2.35. The van der Waals surface area contributed by atoms with E-state index < -0.39 is 10.2 Å². The molecule has 8 heteroatoms. The first kappa shape index (κ1) is 15.0. The van der Waals surface area contributed by atoms with E-state index in [-0.39, 0.29) is 0 Å². The molecule has 3 heterocycles. The molecule has 0 aliphatic carbocycles. The molecule has 0 unspecified atom stereocenters. The smallest absolute Gasteiger partial charge is 0.282 e. The lowest BCUT2D eigenvalue weighted by Crippen LogP contribution is -2.52. The van der Waals surface area contributed by atoms with Crippen molar-refractivity contribution in [2.45, 2.75) is 26.3 Å². The number of H-pyrrole nitrogens is 1. The maximum absolute atomic E-state index is 12.5. The highest BCUT2D eigenvalue weighted by Gasteiger charge is 2.33. The van der Waals surface area contributed by atoms with E-state index in [2.05, 4.69) is 14.9 Å². The minimum absolute atomic E-state index is 0.568. The second kappa shape index (κ2) is 6.04. The molecule has 0 spiro atoms. The Morgan fingerprint density at radius 3 is 2.29 bits per heavy atom. The van der Waals surface area contributed by atoms with E-state index in [0.717, 1.165) is 44.0 Å². The summed E-state index contributed by atoms with van der Waals surface area (Å²) >= 11 is 0. The lowest BCUT2D eigenvalue weighted by molar-refractivity contribution is 0.173. The summed E-state index contributed by atoms with van der Waals surface area (Å²) < 4.78 is 28.2. The molecule has 2 saturated heterocycles. The first-order chi connectivity index (χ1) is 10.1. The standard InChI is InChI=1S/C13H23N5O2S/c1-12-10-14-13(15-12)11-16-6-8-18(9-7-16)21(19,20)17-4-2-3-5-17/h10H,2-9,11H2,1H3,(H,14,15). The van der Waals surface area contributed by atoms with Gasteiger partial charge in [-0.3, -0.25) is 4.90 Å². The van der Waals surface area contributed by atoms with Gasteiger partial charge in [-0.05, 0) is 19.8 Å². The zero-order valence-electron chi connectivity index (χ0n) is 12.5. The van der Waals surface area contributed by atoms with E-state index >= 15 is 0 Å². The Morgan fingerprint density at radius 2 is 1.71 bits per heavy atom. The van der Waals surface area contributed by atoms with Gasteiger partial charge in [0.05, 0.1) is 6.54 Å². The summed E-state index contributed by atoms with van der Waals surface area (Å²) in [7, 11) is -3.24. The van der Waals surface area contributed by atoms with Crippen LogP contribution in [-0.4, -0.2) is 71.2 Å². The van der Waals surface area contributed by atoms with Crippen LogP contribution in [0.1, 0.15) is 24.4 Å². The van der Waals surface area contributed by atoms with Crippen LogP contribution in [0.2, 0.25) is 0 Å². The molecule has 1 N–H and O–H groups in total. The average Bonchev–Trinajstić information content (AvgIpc) is 3.11. The number of hydrogen-bond acceptors (Lipinski definition) is 4. The van der Waals surface area contributed by atoms with Crippen LogP contribution < -0.4 is 0 Å². The third-order valence-electron chi connectivity index (χ3n) is 4.18. The number of rotatable bonds is 4. The Hall–Kier alpha value is -0.960. The predicted molar refractivity (Wildman–Crippen MR) is 79.9 cm³/mol. The molecule has 1 aromatic rings. The highest BCUT2D eigenvalue weighted by atomic mass is 32.2. The number of aromatic amines is 1. The molecule has 2 aliphatic heterocycles. The van der Waals surface area contributed by atoms with Gasteiger partial charge in [-0.2, -0.15) is 17.0 Å². The van der Waals surface area contributed by atoms with Crippen molar-refractivity contribution in [3.05, 3.63) is 17.7 Å². The van der Waals surface area contributed by atoms with Gasteiger partial charge in [0, 0.05) is 51.2 Å². The highest BCUT2D eigenvalue weighted by molar-refractivity contribution is 7.86. The van der Waals surface area contributed by atoms with Crippen molar-refractivity contribution in [1.29, 1.82) is 0 Å². The fourth-order valence-electron chi connectivity index (χ4n) is 2.96. The van der Waals surface area contributed by atoms with Crippen molar-refractivity contribution < 1.29 is 8.42 Å². The van der Waals surface area contributed by atoms with Crippen LogP contribution in [0.3, 0.4) is 0 Å². The summed E-state index contributed by atoms with van der Waals surface area (Å²) in [5.41, 5.74) is 1.06. The molecule has 0 aromatic carbocycles. The van der Waals surface area contributed by atoms with Gasteiger partial charge in [-0.1, -0.05) is 0 Å². The van der Waals surface area contributed by atoms with Crippen molar-refractivity contribution in [2.75, 3.05) is 39.3 Å². The molecule has 0 atom stereocenters. The van der Waals surface area contributed by atoms with Crippen LogP contribution in [0, 0.1) is 6.92 Å². The monoisotopic (exact) mass is 313 g/mol. The topological polar surface area (TPSA) is 72.5 Å². The second-order valence-corrected chi connectivity index (χ2v) is 7.73. The average molecular weight is 313 g/mol. The number of aromatic nitrogens is 2. The van der Waals surface area contributed by atoms with Crippen LogP contribution in [0.5, 0.6) is 0 Å². The van der Waals surface area contributed by atoms with Gasteiger partial charge in [0.1, 0.15) is 5.82 Å². The Bertz CT molecular complexity index is 571. The first-order valence-electron chi connectivity index (χ1n) is 7.54. The highest BCUT2D eigenvalue weighted by Crippen LogP contribution is 2.18. The van der Waals surface area contributed by atoms with Crippen LogP contribution in [0.15, 0.2) is 6.20 Å². The van der Waals surface area contributed by atoms with Crippen LogP contribution in [0.4, 0.5) is 0 Å². The number of piperazine rings is 1. The summed E-state index contributed by atoms with van der Waals surface area (Å²) in [5, 5.41) is 0. The minimum atomic E-state index is -3.24. The van der Waals surface area contributed by atoms with Gasteiger partial charge < -0.3 is 4.98 Å². The van der Waals surface area contributed by atoms with E-state index in [1.165, 1.54) is 0 Å². The van der Waals surface area contributed by atoms with Crippen LogP contribution >= 0.6 is 0 Å². The molecule has 0 amide bonds. The minimum Gasteiger partial charge on any atom is -0.345 e. The van der Waals surface area contributed by atoms with Crippen LogP contribution in [0.25, 0.3) is 0 Å². The Morgan fingerprint density at radius 1 is 1.10 bits per heavy atom. The third-order valence-corrected chi connectivity index (χ3v) is 6.21. The second-order valence-electron chi connectivity index (χ2n) is 5.80. The fraction of sp³-hybridized carbons (Fsp3) is 0.769. The zero-order chi connectivity index (χ0) is 14.9. The molecule has 1 aromatic heterocycles. The summed E-state index contributed by atoms with van der Waals surface area (Å²) in [5.74, 6) is 0.948. The van der Waals surface area contributed by atoms with Gasteiger partial charge in [0.15, 0.2) is 0 Å². The van der Waals surface area contributed by atoms with Gasteiger partial charge in [0.25, 0.3) is 10.2 Å². The van der Waals surface area contributed by atoms with E-state index in [0.29, 0.717) is 26.2 Å². The third kappa shape index (κ3) is 3.28. The Balaban J connectivity index is 1.55. The number of nitrogens with one attached hydrogen (secondary N) is 1. The molecule has 7 nitrogen and oxygen atoms in total. The van der Waals surface area contributed by atoms with Crippen molar-refractivity contribution in [2.24, 2.45) is 0 Å². The number of imidazole rings is 1. The maximum Gasteiger partial charge on any atom is 0.282 e. The molecule has 2 aliphatic rings. The molecular formula is C13H23N5O2S. The van der Waals surface area contributed by atoms with Crippen molar-refractivity contribution >= 4 is 10.2 Å². The lowest BCUT2D eigenvalue weighted by atomic mass is 10.3. The van der Waals surface area contributed by atoms with Crippen LogP contribution in [-0.2, 0) is 16.8 Å². The number of hydrogen-bond donors (Lipinski definition) is 1. The van der Waals surface area contributed by atoms with E-state index in [1.807, 2.05) is 13.1 Å². The molecule has 0 saturated carbocycles. The molecule has 118 valence electrons. The molecule has 0 radical (unpaired) electrons. The Labute approximate surface area is 126 Å². The summed E-state index contributed by atoms with van der Waals surface area (Å²) in [6.07, 6.45) is 3.79. The SMILES string of the molecule is Cc1cnc(CN2CCN(S(=O)(=O)N3CCCC3)CC2)[nH]1. The molecule has 3 rings (SSSR count). The molecule has 21 heavy (non-hydrogen) atoms. The van der Waals surface area contributed by atoms with Gasteiger partial charge in [-0.25, -0.2) is 4.98 Å². The number of nitrogens with zero attached hydrogens (tertiary/aromatic N) is 4. The van der Waals surface area contributed by atoms with Gasteiger partial charge in [0.2, 0.25) is 0 Å². The molecule has 2 fully saturated rings. The normalized spacial score (nSPS) is 22.9. The molecule has 0 bridgehead atoms.